The van der Waals surface area contributed by atoms with Crippen LogP contribution in [0.1, 0.15) is 24.3 Å². The van der Waals surface area contributed by atoms with Gasteiger partial charge in [-0.15, -0.1) is 0 Å². The Hall–Kier alpha value is -3.16. The molecule has 1 N–H and O–H groups in total. The van der Waals surface area contributed by atoms with E-state index >= 15 is 0 Å². The molecule has 0 spiro atoms. The molecule has 1 saturated heterocycles. The summed E-state index contributed by atoms with van der Waals surface area (Å²) in [6.07, 6.45) is 1.37. The summed E-state index contributed by atoms with van der Waals surface area (Å²) >= 11 is 0. The van der Waals surface area contributed by atoms with Gasteiger partial charge in [0, 0.05) is 39.2 Å². The number of anilines is 2. The Balaban J connectivity index is 1.71. The standard InChI is InChI=1S/C19H23N5O3/c1-3-27-17-7-5-4-6-15(17)22-18-12-16(20-13-21-18)19(26)24-10-8-23(9-11-24)14(2)25/h4-7,12-13H,3,8-11H2,1-2H3,(H,20,21,22). The molecule has 0 aliphatic carbocycles. The molecule has 0 unspecified atom stereocenters. The van der Waals surface area contributed by atoms with Crippen LogP contribution >= 0.6 is 0 Å². The number of piperazine rings is 1. The lowest BCUT2D eigenvalue weighted by molar-refractivity contribution is -0.130. The van der Waals surface area contributed by atoms with Crippen LogP contribution in [0.2, 0.25) is 0 Å². The molecule has 1 aromatic heterocycles. The molecule has 8 heteroatoms. The number of nitrogens with zero attached hydrogens (tertiary/aromatic N) is 4. The fourth-order valence-corrected chi connectivity index (χ4v) is 2.92. The minimum Gasteiger partial charge on any atom is -0.492 e. The summed E-state index contributed by atoms with van der Waals surface area (Å²) in [4.78, 5) is 35.9. The van der Waals surface area contributed by atoms with Crippen LogP contribution in [0.25, 0.3) is 0 Å². The van der Waals surface area contributed by atoms with E-state index in [1.54, 1.807) is 22.8 Å². The number of ether oxygens (including phenoxy) is 1. The molecule has 142 valence electrons. The van der Waals surface area contributed by atoms with Crippen molar-refractivity contribution < 1.29 is 14.3 Å². The van der Waals surface area contributed by atoms with Crippen LogP contribution in [0, 0.1) is 0 Å². The summed E-state index contributed by atoms with van der Waals surface area (Å²) in [5, 5.41) is 3.18. The van der Waals surface area contributed by atoms with E-state index in [9.17, 15) is 9.59 Å². The molecule has 2 aromatic rings. The van der Waals surface area contributed by atoms with Crippen molar-refractivity contribution in [2.75, 3.05) is 38.1 Å². The van der Waals surface area contributed by atoms with Gasteiger partial charge >= 0.3 is 0 Å². The molecule has 27 heavy (non-hydrogen) atoms. The van der Waals surface area contributed by atoms with Crippen molar-refractivity contribution in [3.8, 4) is 5.75 Å². The highest BCUT2D eigenvalue weighted by Crippen LogP contribution is 2.26. The third-order valence-electron chi connectivity index (χ3n) is 4.35. The lowest BCUT2D eigenvalue weighted by atomic mass is 10.2. The summed E-state index contributed by atoms with van der Waals surface area (Å²) in [7, 11) is 0. The highest BCUT2D eigenvalue weighted by Gasteiger charge is 2.24. The smallest absolute Gasteiger partial charge is 0.272 e. The second-order valence-corrected chi connectivity index (χ2v) is 6.14. The summed E-state index contributed by atoms with van der Waals surface area (Å²) in [5.41, 5.74) is 1.09. The van der Waals surface area contributed by atoms with Gasteiger partial charge in [0.1, 0.15) is 23.6 Å². The highest BCUT2D eigenvalue weighted by molar-refractivity contribution is 5.93. The number of hydrogen-bond donors (Lipinski definition) is 1. The van der Waals surface area contributed by atoms with Crippen molar-refractivity contribution >= 4 is 23.3 Å². The van der Waals surface area contributed by atoms with Crippen LogP contribution < -0.4 is 10.1 Å². The summed E-state index contributed by atoms with van der Waals surface area (Å²) in [6.45, 7) is 6.09. The van der Waals surface area contributed by atoms with E-state index in [0.29, 0.717) is 50.0 Å². The Labute approximate surface area is 158 Å². The Morgan fingerprint density at radius 2 is 1.81 bits per heavy atom. The van der Waals surface area contributed by atoms with Crippen molar-refractivity contribution in [1.82, 2.24) is 19.8 Å². The van der Waals surface area contributed by atoms with Crippen molar-refractivity contribution in [1.29, 1.82) is 0 Å². The lowest BCUT2D eigenvalue weighted by Crippen LogP contribution is -2.50. The first kappa shape index (κ1) is 18.6. The lowest BCUT2D eigenvalue weighted by Gasteiger charge is -2.34. The Kier molecular flexibility index (Phi) is 5.85. The molecule has 2 amide bonds. The van der Waals surface area contributed by atoms with E-state index in [4.69, 9.17) is 4.74 Å². The first-order valence-corrected chi connectivity index (χ1v) is 8.94. The number of carbonyl (C=O) groups is 2. The second kappa shape index (κ2) is 8.48. The zero-order chi connectivity index (χ0) is 19.2. The molecule has 0 atom stereocenters. The van der Waals surface area contributed by atoms with Crippen molar-refractivity contribution in [2.45, 2.75) is 13.8 Å². The van der Waals surface area contributed by atoms with Gasteiger partial charge in [-0.05, 0) is 19.1 Å². The minimum atomic E-state index is -0.165. The maximum atomic E-state index is 12.7. The van der Waals surface area contributed by atoms with Crippen LogP contribution in [0.3, 0.4) is 0 Å². The molecular weight excluding hydrogens is 346 g/mol. The number of carbonyl (C=O) groups excluding carboxylic acids is 2. The predicted octanol–water partition coefficient (Wildman–Crippen LogP) is 1.92. The van der Waals surface area contributed by atoms with Crippen LogP contribution in [-0.2, 0) is 4.79 Å². The first-order chi connectivity index (χ1) is 13.1. The second-order valence-electron chi connectivity index (χ2n) is 6.14. The van der Waals surface area contributed by atoms with Gasteiger partial charge in [0.05, 0.1) is 12.3 Å². The number of rotatable bonds is 5. The van der Waals surface area contributed by atoms with E-state index in [1.807, 2.05) is 31.2 Å². The zero-order valence-electron chi connectivity index (χ0n) is 15.5. The molecule has 1 aromatic carbocycles. The van der Waals surface area contributed by atoms with Gasteiger partial charge in [0.2, 0.25) is 5.91 Å². The molecule has 8 nitrogen and oxygen atoms in total. The van der Waals surface area contributed by atoms with Crippen molar-refractivity contribution in [2.24, 2.45) is 0 Å². The van der Waals surface area contributed by atoms with Crippen LogP contribution in [0.15, 0.2) is 36.7 Å². The maximum Gasteiger partial charge on any atom is 0.272 e. The van der Waals surface area contributed by atoms with Gasteiger partial charge in [-0.2, -0.15) is 0 Å². The molecule has 0 saturated carbocycles. The quantitative estimate of drug-likeness (QED) is 0.866. The highest BCUT2D eigenvalue weighted by atomic mass is 16.5. The number of amides is 2. The van der Waals surface area contributed by atoms with Gasteiger partial charge < -0.3 is 19.9 Å². The molecular formula is C19H23N5O3. The maximum absolute atomic E-state index is 12.7. The molecule has 1 aliphatic heterocycles. The van der Waals surface area contributed by atoms with Crippen molar-refractivity contribution in [3.05, 3.63) is 42.4 Å². The summed E-state index contributed by atoms with van der Waals surface area (Å²) in [5.74, 6) is 1.10. The zero-order valence-corrected chi connectivity index (χ0v) is 15.5. The summed E-state index contributed by atoms with van der Waals surface area (Å²) < 4.78 is 5.60. The Bertz CT molecular complexity index is 818. The van der Waals surface area contributed by atoms with E-state index in [1.165, 1.54) is 6.33 Å². The Morgan fingerprint density at radius 3 is 2.52 bits per heavy atom. The van der Waals surface area contributed by atoms with Crippen LogP contribution in [0.4, 0.5) is 11.5 Å². The van der Waals surface area contributed by atoms with Crippen LogP contribution in [0.5, 0.6) is 5.75 Å². The monoisotopic (exact) mass is 369 g/mol. The number of nitrogens with one attached hydrogen (secondary N) is 1. The first-order valence-electron chi connectivity index (χ1n) is 8.94. The van der Waals surface area contributed by atoms with Gasteiger partial charge in [-0.1, -0.05) is 12.1 Å². The van der Waals surface area contributed by atoms with Crippen molar-refractivity contribution in [3.63, 3.8) is 0 Å². The number of benzene rings is 1. The molecule has 1 fully saturated rings. The molecule has 1 aliphatic rings. The largest absolute Gasteiger partial charge is 0.492 e. The molecule has 0 bridgehead atoms. The van der Waals surface area contributed by atoms with E-state index < -0.39 is 0 Å². The van der Waals surface area contributed by atoms with E-state index in [0.717, 1.165) is 5.69 Å². The number of para-hydroxylation sites is 2. The van der Waals surface area contributed by atoms with Gasteiger partial charge in [-0.3, -0.25) is 9.59 Å². The van der Waals surface area contributed by atoms with Gasteiger partial charge in [0.15, 0.2) is 0 Å². The minimum absolute atomic E-state index is 0.0311. The fourth-order valence-electron chi connectivity index (χ4n) is 2.92. The molecule has 2 heterocycles. The average molecular weight is 369 g/mol. The SMILES string of the molecule is CCOc1ccccc1Nc1cc(C(=O)N2CCN(C(C)=O)CC2)ncn1. The van der Waals surface area contributed by atoms with Crippen LogP contribution in [-0.4, -0.2) is 64.4 Å². The fraction of sp³-hybridized carbons (Fsp3) is 0.368. The molecule has 3 rings (SSSR count). The predicted molar refractivity (Wildman–Crippen MR) is 101 cm³/mol. The molecule has 0 radical (unpaired) electrons. The normalized spacial score (nSPS) is 14.0. The topological polar surface area (TPSA) is 87.7 Å². The third kappa shape index (κ3) is 4.52. The van der Waals surface area contributed by atoms with Gasteiger partial charge in [-0.25, -0.2) is 9.97 Å². The van der Waals surface area contributed by atoms with Gasteiger partial charge in [0.25, 0.3) is 5.91 Å². The summed E-state index contributed by atoms with van der Waals surface area (Å²) in [6, 6.07) is 9.17. The average Bonchev–Trinajstić information content (AvgIpc) is 2.69. The van der Waals surface area contributed by atoms with E-state index in [2.05, 4.69) is 15.3 Å². The number of aromatic nitrogens is 2. The van der Waals surface area contributed by atoms with E-state index in [-0.39, 0.29) is 11.8 Å². The third-order valence-corrected chi connectivity index (χ3v) is 4.35. The number of hydrogen-bond acceptors (Lipinski definition) is 6. The Morgan fingerprint density at radius 1 is 1.11 bits per heavy atom.